The Kier molecular flexibility index (Phi) is 9.18. The van der Waals surface area contributed by atoms with Gasteiger partial charge >= 0.3 is 0 Å². The van der Waals surface area contributed by atoms with Crippen molar-refractivity contribution in [2.75, 3.05) is 13.7 Å². The van der Waals surface area contributed by atoms with Crippen molar-refractivity contribution in [3.05, 3.63) is 52.0 Å². The predicted molar refractivity (Wildman–Crippen MR) is 111 cm³/mol. The molecule has 0 saturated carbocycles. The lowest BCUT2D eigenvalue weighted by Gasteiger charge is -2.22. The van der Waals surface area contributed by atoms with Gasteiger partial charge in [0.15, 0.2) is 11.9 Å². The standard InChI is InChI=1S/C21H30NO3.NO3/c1-7-12-24-17-11-9-10-16(13-17)18-14-22(8-2)15-19(20(18)23-6)25-21(3,4)5;2-1(3)4/h9-11,13-15H,7-8,12H2,1-6H3;/q+1;-1. The summed E-state index contributed by atoms with van der Waals surface area (Å²) in [6.07, 6.45) is 5.07. The molecule has 0 saturated heterocycles. The van der Waals surface area contributed by atoms with Crippen molar-refractivity contribution in [2.45, 2.75) is 53.2 Å². The van der Waals surface area contributed by atoms with E-state index in [1.54, 1.807) is 7.11 Å². The van der Waals surface area contributed by atoms with Crippen molar-refractivity contribution in [1.29, 1.82) is 0 Å². The molecule has 8 nitrogen and oxygen atoms in total. The first-order chi connectivity index (χ1) is 13.6. The zero-order valence-electron chi connectivity index (χ0n) is 17.9. The van der Waals surface area contributed by atoms with Crippen LogP contribution in [0, 0.1) is 15.3 Å². The third-order valence-electron chi connectivity index (χ3n) is 3.65. The second kappa shape index (κ2) is 11.1. The first-order valence-corrected chi connectivity index (χ1v) is 9.46. The number of hydrogen-bond donors (Lipinski definition) is 0. The zero-order chi connectivity index (χ0) is 22.0. The summed E-state index contributed by atoms with van der Waals surface area (Å²) in [7, 11) is 1.68. The van der Waals surface area contributed by atoms with Crippen molar-refractivity contribution >= 4 is 0 Å². The molecule has 2 rings (SSSR count). The highest BCUT2D eigenvalue weighted by Crippen LogP contribution is 2.39. The molecule has 29 heavy (non-hydrogen) atoms. The van der Waals surface area contributed by atoms with Gasteiger partial charge in [0.05, 0.1) is 24.4 Å². The van der Waals surface area contributed by atoms with Gasteiger partial charge in [0, 0.05) is 0 Å². The molecule has 0 fully saturated rings. The molecule has 0 radical (unpaired) electrons. The SMILES string of the molecule is CCCOc1cccc(-c2c[n+](CC)cc(OC(C)(C)C)c2OC)c1.O=[N+]([O-])[O-]. The van der Waals surface area contributed by atoms with Crippen molar-refractivity contribution in [2.24, 2.45) is 0 Å². The predicted octanol–water partition coefficient (Wildman–Crippen LogP) is 4.40. The third kappa shape index (κ3) is 8.25. The highest BCUT2D eigenvalue weighted by atomic mass is 16.9. The minimum Gasteiger partial charge on any atom is -0.494 e. The van der Waals surface area contributed by atoms with Gasteiger partial charge in [-0.15, -0.1) is 0 Å². The Bertz CT molecular complexity index is 798. The second-order valence-electron chi connectivity index (χ2n) is 7.21. The van der Waals surface area contributed by atoms with E-state index in [1.165, 1.54) is 0 Å². The van der Waals surface area contributed by atoms with Crippen LogP contribution in [0.1, 0.15) is 41.0 Å². The molecule has 0 amide bonds. The zero-order valence-corrected chi connectivity index (χ0v) is 17.9. The monoisotopic (exact) mass is 406 g/mol. The molecule has 1 heterocycles. The number of hydrogen-bond acceptors (Lipinski definition) is 6. The molecule has 0 bridgehead atoms. The normalized spacial score (nSPS) is 10.6. The maximum absolute atomic E-state index is 8.25. The maximum atomic E-state index is 8.25. The van der Waals surface area contributed by atoms with E-state index in [4.69, 9.17) is 29.5 Å². The largest absolute Gasteiger partial charge is 0.494 e. The number of benzene rings is 1. The summed E-state index contributed by atoms with van der Waals surface area (Å²) in [6, 6.07) is 8.11. The van der Waals surface area contributed by atoms with E-state index in [-0.39, 0.29) is 5.60 Å². The Hall–Kier alpha value is -3.03. The lowest BCUT2D eigenvalue weighted by Crippen LogP contribution is -2.33. The molecular formula is C21H30N2O6. The summed E-state index contributed by atoms with van der Waals surface area (Å²) in [6.45, 7) is 11.9. The first kappa shape index (κ1) is 24.0. The van der Waals surface area contributed by atoms with E-state index in [1.807, 2.05) is 45.2 Å². The van der Waals surface area contributed by atoms with Crippen LogP contribution in [0.3, 0.4) is 0 Å². The van der Waals surface area contributed by atoms with Gasteiger partial charge in [0.1, 0.15) is 17.9 Å². The number of ether oxygens (including phenoxy) is 3. The molecule has 0 aliphatic heterocycles. The molecule has 0 unspecified atom stereocenters. The van der Waals surface area contributed by atoms with Crippen LogP contribution < -0.4 is 18.8 Å². The van der Waals surface area contributed by atoms with Gasteiger partial charge in [-0.05, 0) is 51.8 Å². The summed E-state index contributed by atoms with van der Waals surface area (Å²) in [5.74, 6) is 2.35. The molecule has 0 aliphatic rings. The molecule has 0 spiro atoms. The molecule has 1 aromatic carbocycles. The van der Waals surface area contributed by atoms with Crippen molar-refractivity contribution in [3.8, 4) is 28.4 Å². The van der Waals surface area contributed by atoms with Crippen LogP contribution in [0.25, 0.3) is 11.1 Å². The smallest absolute Gasteiger partial charge is 0.227 e. The molecule has 0 N–H and O–H groups in total. The third-order valence-corrected chi connectivity index (χ3v) is 3.65. The highest BCUT2D eigenvalue weighted by Gasteiger charge is 2.23. The molecular weight excluding hydrogens is 376 g/mol. The second-order valence-corrected chi connectivity index (χ2v) is 7.21. The van der Waals surface area contributed by atoms with Crippen LogP contribution in [-0.4, -0.2) is 24.4 Å². The topological polar surface area (TPSA) is 97.8 Å². The molecule has 160 valence electrons. The van der Waals surface area contributed by atoms with E-state index in [9.17, 15) is 0 Å². The van der Waals surface area contributed by atoms with Crippen LogP contribution >= 0.6 is 0 Å². The van der Waals surface area contributed by atoms with Gasteiger partial charge in [-0.2, -0.15) is 0 Å². The van der Waals surface area contributed by atoms with E-state index in [0.29, 0.717) is 6.61 Å². The number of aromatic nitrogens is 1. The fourth-order valence-corrected chi connectivity index (χ4v) is 2.58. The summed E-state index contributed by atoms with van der Waals surface area (Å²) in [5.41, 5.74) is 1.74. The van der Waals surface area contributed by atoms with E-state index in [0.717, 1.165) is 41.3 Å². The average molecular weight is 406 g/mol. The summed E-state index contributed by atoms with van der Waals surface area (Å²) in [5, 5.41) is 14.8. The Morgan fingerprint density at radius 2 is 1.79 bits per heavy atom. The molecule has 1 aromatic heterocycles. The van der Waals surface area contributed by atoms with Gasteiger partial charge in [-0.25, -0.2) is 4.57 Å². The van der Waals surface area contributed by atoms with Gasteiger partial charge in [-0.3, -0.25) is 0 Å². The van der Waals surface area contributed by atoms with Gasteiger partial charge in [-0.1, -0.05) is 19.1 Å². The molecule has 0 atom stereocenters. The van der Waals surface area contributed by atoms with Gasteiger partial charge < -0.3 is 29.5 Å². The lowest BCUT2D eigenvalue weighted by molar-refractivity contribution is -0.693. The number of rotatable bonds is 7. The Morgan fingerprint density at radius 1 is 1.14 bits per heavy atom. The maximum Gasteiger partial charge on any atom is 0.227 e. The van der Waals surface area contributed by atoms with Gasteiger partial charge in [0.2, 0.25) is 11.9 Å². The summed E-state index contributed by atoms with van der Waals surface area (Å²) < 4.78 is 19.8. The van der Waals surface area contributed by atoms with E-state index < -0.39 is 5.09 Å². The van der Waals surface area contributed by atoms with E-state index in [2.05, 4.69) is 30.7 Å². The highest BCUT2D eigenvalue weighted by molar-refractivity contribution is 5.73. The summed E-state index contributed by atoms with van der Waals surface area (Å²) >= 11 is 0. The minimum absolute atomic E-state index is 0.302. The van der Waals surface area contributed by atoms with Gasteiger partial charge in [0.25, 0.3) is 0 Å². The first-order valence-electron chi connectivity index (χ1n) is 9.46. The van der Waals surface area contributed by atoms with Crippen LogP contribution in [0.2, 0.25) is 0 Å². The molecule has 0 aliphatic carbocycles. The van der Waals surface area contributed by atoms with Crippen molar-refractivity contribution in [3.63, 3.8) is 0 Å². The summed E-state index contributed by atoms with van der Waals surface area (Å²) in [4.78, 5) is 8.25. The average Bonchev–Trinajstić information content (AvgIpc) is 2.64. The molecule has 8 heteroatoms. The Labute approximate surface area is 171 Å². The molecule has 2 aromatic rings. The fraction of sp³-hybridized carbons (Fsp3) is 0.476. The Morgan fingerprint density at radius 3 is 2.31 bits per heavy atom. The van der Waals surface area contributed by atoms with E-state index >= 15 is 0 Å². The minimum atomic E-state index is -1.75. The fourth-order valence-electron chi connectivity index (χ4n) is 2.58. The van der Waals surface area contributed by atoms with Crippen LogP contribution in [0.4, 0.5) is 0 Å². The number of methoxy groups -OCH3 is 1. The van der Waals surface area contributed by atoms with Crippen LogP contribution in [-0.2, 0) is 6.54 Å². The Balaban J connectivity index is 0.000000960. The number of aryl methyl sites for hydroxylation is 1. The number of pyridine rings is 1. The van der Waals surface area contributed by atoms with Crippen molar-refractivity contribution in [1.82, 2.24) is 0 Å². The van der Waals surface area contributed by atoms with Crippen LogP contribution in [0.5, 0.6) is 17.2 Å². The quantitative estimate of drug-likeness (QED) is 0.384. The number of nitrogens with zero attached hydrogens (tertiary/aromatic N) is 2. The lowest BCUT2D eigenvalue weighted by atomic mass is 10.1. The van der Waals surface area contributed by atoms with Crippen molar-refractivity contribution < 1.29 is 23.9 Å². The van der Waals surface area contributed by atoms with Crippen LogP contribution in [0.15, 0.2) is 36.7 Å².